The predicted molar refractivity (Wildman–Crippen MR) is 106 cm³/mol. The molecule has 10 atom stereocenters. The van der Waals surface area contributed by atoms with Crippen molar-refractivity contribution in [1.82, 2.24) is 0 Å². The van der Waals surface area contributed by atoms with E-state index in [9.17, 15) is 24.9 Å². The highest BCUT2D eigenvalue weighted by Crippen LogP contribution is 2.67. The molecule has 0 bridgehead atoms. The van der Waals surface area contributed by atoms with E-state index >= 15 is 0 Å². The van der Waals surface area contributed by atoms with Crippen LogP contribution in [0.25, 0.3) is 0 Å². The second-order valence-corrected chi connectivity index (χ2v) is 11.2. The number of carboxylic acid groups (broad SMARTS) is 1. The smallest absolute Gasteiger partial charge is 0.136 e. The summed E-state index contributed by atoms with van der Waals surface area (Å²) >= 11 is 0. The highest BCUT2D eigenvalue weighted by molar-refractivity contribution is 5.83. The number of fused-ring (bicyclic) bond motifs is 5. The summed E-state index contributed by atoms with van der Waals surface area (Å²) in [7, 11) is 0. The number of aliphatic hydroxyl groups is 2. The molecule has 0 aliphatic heterocycles. The van der Waals surface area contributed by atoms with E-state index in [-0.39, 0.29) is 58.9 Å². The zero-order valence-electron chi connectivity index (χ0n) is 18.1. The maximum Gasteiger partial charge on any atom is 0.136 e. The van der Waals surface area contributed by atoms with E-state index in [2.05, 4.69) is 20.8 Å². The monoisotopic (exact) mass is 405 g/mol. The third-order valence-corrected chi connectivity index (χ3v) is 10.1. The summed E-state index contributed by atoms with van der Waals surface area (Å²) in [6, 6.07) is 0. The molecule has 29 heavy (non-hydrogen) atoms. The standard InChI is InChI=1S/C24H38O5/c1-13(4-7-21(28)29)16-5-6-17-22-18(12-20(27)24(16,17)3)23(2)9-8-15(25)10-14(23)11-19(22)26/h13-18,20,22,25,27H,4-12H2,1-3H3,(H,28,29)/p-1/t13-,14+,15-,16-,17+,18+,20+,22+,23+,24-/m1/s1. The second kappa shape index (κ2) is 7.33. The van der Waals surface area contributed by atoms with Crippen LogP contribution in [0.4, 0.5) is 0 Å². The summed E-state index contributed by atoms with van der Waals surface area (Å²) in [5, 5.41) is 32.5. The van der Waals surface area contributed by atoms with Crippen molar-refractivity contribution in [1.29, 1.82) is 0 Å². The van der Waals surface area contributed by atoms with Crippen molar-refractivity contribution in [3.63, 3.8) is 0 Å². The van der Waals surface area contributed by atoms with E-state index in [0.29, 0.717) is 31.5 Å². The molecule has 4 aliphatic carbocycles. The maximum atomic E-state index is 13.4. The fraction of sp³-hybridized carbons (Fsp3) is 0.917. The summed E-state index contributed by atoms with van der Waals surface area (Å²) in [6.45, 7) is 6.57. The number of carbonyl (C=O) groups excluding carboxylic acids is 2. The van der Waals surface area contributed by atoms with Crippen molar-refractivity contribution in [2.45, 2.75) is 90.8 Å². The molecule has 4 saturated carbocycles. The molecule has 0 spiro atoms. The first kappa shape index (κ1) is 21.3. The predicted octanol–water partition coefficient (Wildman–Crippen LogP) is 2.32. The Kier molecular flexibility index (Phi) is 5.39. The maximum absolute atomic E-state index is 13.4. The van der Waals surface area contributed by atoms with Gasteiger partial charge >= 0.3 is 0 Å². The van der Waals surface area contributed by atoms with Gasteiger partial charge in [-0.2, -0.15) is 0 Å². The van der Waals surface area contributed by atoms with Crippen LogP contribution >= 0.6 is 0 Å². The second-order valence-electron chi connectivity index (χ2n) is 11.2. The molecule has 0 unspecified atom stereocenters. The van der Waals surface area contributed by atoms with Gasteiger partial charge in [0.2, 0.25) is 0 Å². The zero-order chi connectivity index (χ0) is 21.1. The molecule has 0 radical (unpaired) electrons. The van der Waals surface area contributed by atoms with Crippen LogP contribution in [-0.2, 0) is 9.59 Å². The van der Waals surface area contributed by atoms with E-state index in [1.54, 1.807) is 0 Å². The van der Waals surface area contributed by atoms with E-state index in [4.69, 9.17) is 0 Å². The van der Waals surface area contributed by atoms with Crippen LogP contribution < -0.4 is 5.11 Å². The molecule has 0 amide bonds. The SMILES string of the molecule is C[C@H](CCC(=O)[O-])[C@H]1CC[C@H]2[C@@H]3C(=O)C[C@@H]4C[C@H](O)CC[C@]4(C)[C@H]3C[C@H](O)[C@]12C. The lowest BCUT2D eigenvalue weighted by Crippen LogP contribution is -2.61. The Morgan fingerprint density at radius 1 is 1.17 bits per heavy atom. The van der Waals surface area contributed by atoms with Crippen molar-refractivity contribution >= 4 is 11.8 Å². The van der Waals surface area contributed by atoms with Gasteiger partial charge in [0.05, 0.1) is 12.2 Å². The summed E-state index contributed by atoms with van der Waals surface area (Å²) in [6.07, 6.45) is 5.47. The molecular formula is C24H37O5-. The van der Waals surface area contributed by atoms with E-state index < -0.39 is 12.1 Å². The highest BCUT2D eigenvalue weighted by Gasteiger charge is 2.65. The summed E-state index contributed by atoms with van der Waals surface area (Å²) in [4.78, 5) is 24.3. The number of aliphatic hydroxyl groups excluding tert-OH is 2. The average molecular weight is 406 g/mol. The minimum atomic E-state index is -1.01. The minimum Gasteiger partial charge on any atom is -0.550 e. The molecule has 4 aliphatic rings. The first-order chi connectivity index (χ1) is 13.6. The molecule has 0 heterocycles. The Labute approximate surface area is 174 Å². The van der Waals surface area contributed by atoms with Gasteiger partial charge in [-0.3, -0.25) is 4.79 Å². The third kappa shape index (κ3) is 3.18. The molecule has 5 heteroatoms. The van der Waals surface area contributed by atoms with Gasteiger partial charge in [-0.1, -0.05) is 20.8 Å². The van der Waals surface area contributed by atoms with Gasteiger partial charge in [-0.05, 0) is 86.4 Å². The molecule has 2 N–H and O–H groups in total. The molecule has 164 valence electrons. The van der Waals surface area contributed by atoms with E-state index in [1.807, 2.05) is 0 Å². The normalized spacial score (nSPS) is 50.4. The largest absolute Gasteiger partial charge is 0.550 e. The quantitative estimate of drug-likeness (QED) is 0.748. The number of ketones is 1. The molecule has 4 fully saturated rings. The fourth-order valence-corrected chi connectivity index (χ4v) is 8.39. The Hall–Kier alpha value is -0.940. The topological polar surface area (TPSA) is 97.7 Å². The van der Waals surface area contributed by atoms with Crippen LogP contribution in [0.5, 0.6) is 0 Å². The summed E-state index contributed by atoms with van der Waals surface area (Å²) < 4.78 is 0. The van der Waals surface area contributed by atoms with Gasteiger partial charge in [-0.25, -0.2) is 0 Å². The lowest BCUT2D eigenvalue weighted by atomic mass is 9.43. The Balaban J connectivity index is 1.62. The lowest BCUT2D eigenvalue weighted by Gasteiger charge is -2.61. The summed E-state index contributed by atoms with van der Waals surface area (Å²) in [5.74, 6) is 0.402. The molecule has 0 aromatic carbocycles. The Morgan fingerprint density at radius 2 is 1.90 bits per heavy atom. The average Bonchev–Trinajstić information content (AvgIpc) is 3.01. The number of carboxylic acids is 1. The number of Topliss-reactive ketones (excluding diaryl/α,β-unsaturated/α-hetero) is 1. The van der Waals surface area contributed by atoms with Crippen molar-refractivity contribution in [3.8, 4) is 0 Å². The van der Waals surface area contributed by atoms with Gasteiger partial charge in [0.25, 0.3) is 0 Å². The van der Waals surface area contributed by atoms with Crippen LogP contribution in [0.1, 0.15) is 78.6 Å². The first-order valence-electron chi connectivity index (χ1n) is 11.7. The van der Waals surface area contributed by atoms with Gasteiger partial charge in [0.15, 0.2) is 0 Å². The van der Waals surface area contributed by atoms with Gasteiger partial charge in [-0.15, -0.1) is 0 Å². The zero-order valence-corrected chi connectivity index (χ0v) is 18.1. The fourth-order valence-electron chi connectivity index (χ4n) is 8.39. The summed E-state index contributed by atoms with van der Waals surface area (Å²) in [5.41, 5.74) is -0.293. The van der Waals surface area contributed by atoms with Crippen LogP contribution in [0.3, 0.4) is 0 Å². The van der Waals surface area contributed by atoms with Crippen molar-refractivity contribution in [2.75, 3.05) is 0 Å². The van der Waals surface area contributed by atoms with Crippen molar-refractivity contribution in [3.05, 3.63) is 0 Å². The van der Waals surface area contributed by atoms with Crippen LogP contribution in [-0.4, -0.2) is 34.2 Å². The van der Waals surface area contributed by atoms with Crippen LogP contribution in [0.2, 0.25) is 0 Å². The Morgan fingerprint density at radius 3 is 2.59 bits per heavy atom. The Bertz CT molecular complexity index is 676. The van der Waals surface area contributed by atoms with E-state index in [1.165, 1.54) is 0 Å². The molecular weight excluding hydrogens is 368 g/mol. The van der Waals surface area contributed by atoms with Crippen molar-refractivity contribution < 1.29 is 24.9 Å². The van der Waals surface area contributed by atoms with Crippen molar-refractivity contribution in [2.24, 2.45) is 46.3 Å². The van der Waals surface area contributed by atoms with Gasteiger partial charge < -0.3 is 20.1 Å². The van der Waals surface area contributed by atoms with Crippen LogP contribution in [0, 0.1) is 46.3 Å². The first-order valence-corrected chi connectivity index (χ1v) is 11.7. The van der Waals surface area contributed by atoms with Gasteiger partial charge in [0.1, 0.15) is 5.78 Å². The number of hydrogen-bond donors (Lipinski definition) is 2. The number of hydrogen-bond acceptors (Lipinski definition) is 5. The number of rotatable bonds is 4. The van der Waals surface area contributed by atoms with E-state index in [0.717, 1.165) is 25.7 Å². The highest BCUT2D eigenvalue weighted by atomic mass is 16.4. The van der Waals surface area contributed by atoms with Gasteiger partial charge in [0, 0.05) is 23.7 Å². The third-order valence-electron chi connectivity index (χ3n) is 10.1. The molecule has 0 saturated heterocycles. The molecule has 5 nitrogen and oxygen atoms in total. The number of aliphatic carboxylic acids is 1. The molecule has 0 aromatic rings. The molecule has 0 aromatic heterocycles. The minimum absolute atomic E-state index is 0.0123. The van der Waals surface area contributed by atoms with Crippen LogP contribution in [0.15, 0.2) is 0 Å². The molecule has 4 rings (SSSR count). The number of carbonyl (C=O) groups is 2. The lowest BCUT2D eigenvalue weighted by molar-refractivity contribution is -0.306.